The number of amides is 3. The first-order valence-electron chi connectivity index (χ1n) is 13.6. The first-order chi connectivity index (χ1) is 22.3. The molecule has 24 heteroatoms. The quantitative estimate of drug-likeness (QED) is 0.0599. The molecule has 0 saturated carbocycles. The van der Waals surface area contributed by atoms with Crippen LogP contribution < -0.4 is 10.6 Å². The molecular formula is C25H23B2FN4O17. The van der Waals surface area contributed by atoms with Gasteiger partial charge in [0.1, 0.15) is 13.7 Å². The number of carbonyl (C=O) groups is 3. The smallest absolute Gasteiger partial charge is 0.315 e. The Hall–Kier alpha value is -3.69. The molecule has 4 aliphatic rings. The minimum atomic E-state index is -4.18. The summed E-state index contributed by atoms with van der Waals surface area (Å²) in [6.07, 6.45) is -1.30. The molecule has 3 fully saturated rings. The molecule has 4 aliphatic heterocycles. The summed E-state index contributed by atoms with van der Waals surface area (Å²) in [5.41, 5.74) is -15.7. The Bertz CT molecular complexity index is 1810. The number of piperidine rings is 1. The number of nitrogens with one attached hydrogen (secondary N) is 2. The normalized spacial score (nSPS) is 35.6. The van der Waals surface area contributed by atoms with Gasteiger partial charge in [0.05, 0.1) is 22.3 Å². The van der Waals surface area contributed by atoms with Crippen molar-refractivity contribution in [3.8, 4) is 0 Å². The maximum atomic E-state index is 16.2. The van der Waals surface area contributed by atoms with Gasteiger partial charge < -0.3 is 61.5 Å². The third kappa shape index (κ3) is 4.53. The second-order valence-corrected chi connectivity index (χ2v) is 11.5. The highest BCUT2D eigenvalue weighted by molar-refractivity contribution is 6.16. The fourth-order valence-electron chi connectivity index (χ4n) is 5.96. The van der Waals surface area contributed by atoms with E-state index in [0.717, 1.165) is 24.3 Å². The van der Waals surface area contributed by atoms with Crippen LogP contribution in [0.3, 0.4) is 0 Å². The molecule has 0 aliphatic carbocycles. The van der Waals surface area contributed by atoms with Crippen molar-refractivity contribution in [1.82, 2.24) is 15.1 Å². The van der Waals surface area contributed by atoms with Crippen LogP contribution >= 0.6 is 0 Å². The molecule has 5 unspecified atom stereocenters. The van der Waals surface area contributed by atoms with Crippen molar-refractivity contribution < 1.29 is 89.5 Å². The van der Waals surface area contributed by atoms with Crippen LogP contribution in [0.1, 0.15) is 39.9 Å². The number of benzene rings is 2. The molecule has 3 saturated heterocycles. The van der Waals surface area contributed by atoms with Gasteiger partial charge in [-0.3, -0.25) is 24.4 Å². The van der Waals surface area contributed by atoms with Gasteiger partial charge in [-0.25, -0.2) is 9.29 Å². The minimum absolute atomic E-state index is 0.0688. The van der Waals surface area contributed by atoms with E-state index in [9.17, 15) is 70.6 Å². The maximum absolute atomic E-state index is 16.2. The molecule has 4 radical (unpaired) electrons. The van der Waals surface area contributed by atoms with Gasteiger partial charge in [0.15, 0.2) is 19.2 Å². The monoisotopic (exact) mass is 692 g/mol. The van der Waals surface area contributed by atoms with Crippen LogP contribution in [0.25, 0.3) is 0 Å². The van der Waals surface area contributed by atoms with E-state index in [-0.39, 0.29) is 4.90 Å². The van der Waals surface area contributed by atoms with Crippen molar-refractivity contribution in [2.24, 2.45) is 0 Å². The lowest BCUT2D eigenvalue weighted by molar-refractivity contribution is -0.564. The Morgan fingerprint density at radius 1 is 0.918 bits per heavy atom. The van der Waals surface area contributed by atoms with E-state index < -0.39 is 116 Å². The molecule has 13 N–H and O–H groups in total. The third-order valence-electron chi connectivity index (χ3n) is 8.33. The molecule has 2 aromatic rings. The maximum Gasteiger partial charge on any atom is 0.315 e. The van der Waals surface area contributed by atoms with Gasteiger partial charge in [-0.2, -0.15) is 14.7 Å². The van der Waals surface area contributed by atoms with Crippen LogP contribution in [0.4, 0.5) is 10.1 Å². The van der Waals surface area contributed by atoms with Crippen molar-refractivity contribution in [3.05, 3.63) is 64.5 Å². The molecule has 21 nitrogen and oxygen atoms in total. The van der Waals surface area contributed by atoms with E-state index in [1.54, 1.807) is 5.32 Å². The second-order valence-electron chi connectivity index (χ2n) is 11.5. The van der Waals surface area contributed by atoms with Crippen molar-refractivity contribution in [2.45, 2.75) is 59.5 Å². The largest absolute Gasteiger partial charge is 0.376 e. The highest BCUT2D eigenvalue weighted by Crippen LogP contribution is 2.54. The number of fused-ring (bicyclic) bond motifs is 2. The number of anilines is 1. The molecular weight excluding hydrogens is 669 g/mol. The van der Waals surface area contributed by atoms with Gasteiger partial charge >= 0.3 is 11.9 Å². The first kappa shape index (κ1) is 35.1. The Morgan fingerprint density at radius 2 is 1.55 bits per heavy atom. The first-order valence-corrected chi connectivity index (χ1v) is 13.6. The van der Waals surface area contributed by atoms with Crippen molar-refractivity contribution >= 4 is 39.1 Å². The number of nitrogens with zero attached hydrogens (tertiary/aromatic N) is 2. The number of imide groups is 1. The summed E-state index contributed by atoms with van der Waals surface area (Å²) < 4.78 is 20.4. The van der Waals surface area contributed by atoms with Gasteiger partial charge in [-0.05, 0) is 24.3 Å². The van der Waals surface area contributed by atoms with Crippen LogP contribution in [0.5, 0.6) is 0 Å². The van der Waals surface area contributed by atoms with E-state index in [0.29, 0.717) is 12.1 Å². The van der Waals surface area contributed by atoms with Crippen LogP contribution in [-0.4, -0.2) is 128 Å². The molecule has 258 valence electrons. The molecule has 4 heterocycles. The van der Waals surface area contributed by atoms with Crippen molar-refractivity contribution in [1.29, 1.82) is 0 Å². The molecule has 0 aromatic heterocycles. The van der Waals surface area contributed by atoms with Crippen LogP contribution in [-0.2, 0) is 41.8 Å². The Morgan fingerprint density at radius 3 is 2.18 bits per heavy atom. The van der Waals surface area contributed by atoms with E-state index in [1.807, 2.05) is 5.32 Å². The number of aliphatic hydroxyl groups is 11. The van der Waals surface area contributed by atoms with Crippen molar-refractivity contribution in [3.63, 3.8) is 0 Å². The fraction of sp³-hybridized carbons (Fsp3) is 0.400. The highest BCUT2D eigenvalue weighted by Gasteiger charge is 2.80. The number of hydrogen-bond donors (Lipinski definition) is 13. The highest BCUT2D eigenvalue weighted by atomic mass is 19.1. The predicted octanol–water partition coefficient (Wildman–Crippen LogP) is -6.98. The predicted molar refractivity (Wildman–Crippen MR) is 145 cm³/mol. The zero-order chi connectivity index (χ0) is 36.5. The number of hydrogen-bond acceptors (Lipinski definition) is 19. The van der Waals surface area contributed by atoms with Crippen LogP contribution in [0, 0.1) is 5.82 Å². The van der Waals surface area contributed by atoms with Crippen LogP contribution in [0.2, 0.25) is 0 Å². The van der Waals surface area contributed by atoms with E-state index in [1.165, 1.54) is 0 Å². The second kappa shape index (κ2) is 10.2. The van der Waals surface area contributed by atoms with Gasteiger partial charge in [0, 0.05) is 18.5 Å². The molecule has 2 aromatic carbocycles. The molecule has 49 heavy (non-hydrogen) atoms. The summed E-state index contributed by atoms with van der Waals surface area (Å²) in [5, 5.41) is 122. The minimum Gasteiger partial charge on any atom is -0.376 e. The summed E-state index contributed by atoms with van der Waals surface area (Å²) in [7, 11) is 10.8. The standard InChI is InChI=1S/C25H23B2FN4O17/c26-22(42)25(45,46)47-23(27,43)24(44)32(22)21(41,48-49-24)11-5-2-4-10(15(11)28)19(37,38)30-12-6-1-3-9-14(12)20(39,40)31(16(9)34)18(36)8-7-13(33)29-17(18)35/h1-6,30,36-46H,7-8H2,(H,29,33,35). The molecule has 5 atom stereocenters. The average Bonchev–Trinajstić information content (AvgIpc) is 3.38. The van der Waals surface area contributed by atoms with E-state index in [2.05, 4.69) is 14.5 Å². The number of morpholine rings is 1. The topological polar surface area (TPSA) is 332 Å². The lowest BCUT2D eigenvalue weighted by Crippen LogP contribution is -2.85. The Balaban J connectivity index is 1.40. The number of halogens is 1. The average molecular weight is 692 g/mol. The molecule has 6 rings (SSSR count). The lowest BCUT2D eigenvalue weighted by atomic mass is 9.77. The zero-order valence-electron chi connectivity index (χ0n) is 24.2. The van der Waals surface area contributed by atoms with Gasteiger partial charge in [0.25, 0.3) is 29.5 Å². The third-order valence-corrected chi connectivity index (χ3v) is 8.33. The summed E-state index contributed by atoms with van der Waals surface area (Å²) in [6, 6.07) is 4.99. The number of rotatable bonds is 5. The van der Waals surface area contributed by atoms with Gasteiger partial charge in [0.2, 0.25) is 11.6 Å². The molecule has 0 spiro atoms. The van der Waals surface area contributed by atoms with E-state index >= 15 is 4.39 Å². The Labute approximate surface area is 273 Å². The SMILES string of the molecule is [B]C1(O)OC(O)(O)C([B])(O)N2C(O)(c3cccc(C(O)(O)Nc4cccc5c4C(O)(O)N(C4(O)CCC(=O)NC4=O)C5=O)c3F)OOC21O. The summed E-state index contributed by atoms with van der Waals surface area (Å²) in [6.45, 7) is 0. The molecule has 3 amide bonds. The number of carbonyl (C=O) groups excluding carboxylic acids is 3. The van der Waals surface area contributed by atoms with Crippen molar-refractivity contribution in [2.75, 3.05) is 5.32 Å². The lowest BCUT2D eigenvalue weighted by Gasteiger charge is -2.58. The summed E-state index contributed by atoms with van der Waals surface area (Å²) >= 11 is 0. The Kier molecular flexibility index (Phi) is 7.31. The molecule has 0 bridgehead atoms. The van der Waals surface area contributed by atoms with Gasteiger partial charge in [-0.1, -0.05) is 12.1 Å². The van der Waals surface area contributed by atoms with Gasteiger partial charge in [-0.15, -0.1) is 0 Å². The zero-order valence-corrected chi connectivity index (χ0v) is 24.2. The van der Waals surface area contributed by atoms with Crippen LogP contribution in [0.15, 0.2) is 36.4 Å². The summed E-state index contributed by atoms with van der Waals surface area (Å²) in [5.74, 6) is -24.8. The number of ether oxygens (including phenoxy) is 1. The summed E-state index contributed by atoms with van der Waals surface area (Å²) in [4.78, 5) is 45.8. The van der Waals surface area contributed by atoms with E-state index in [4.69, 9.17) is 15.7 Å². The fourth-order valence-corrected chi connectivity index (χ4v) is 5.96.